The highest BCUT2D eigenvalue weighted by molar-refractivity contribution is 6.02. The summed E-state index contributed by atoms with van der Waals surface area (Å²) < 4.78 is 13.2. The minimum absolute atomic E-state index is 0.114. The molecule has 2 aromatic heterocycles. The number of benzene rings is 1. The Labute approximate surface area is 169 Å². The lowest BCUT2D eigenvalue weighted by Crippen LogP contribution is -2.21. The molecule has 0 aliphatic carbocycles. The van der Waals surface area contributed by atoms with E-state index in [0.717, 1.165) is 31.6 Å². The van der Waals surface area contributed by atoms with Gasteiger partial charge >= 0.3 is 0 Å². The van der Waals surface area contributed by atoms with Crippen molar-refractivity contribution < 1.29 is 14.3 Å². The van der Waals surface area contributed by atoms with E-state index in [-0.39, 0.29) is 18.1 Å². The van der Waals surface area contributed by atoms with Crippen molar-refractivity contribution >= 4 is 11.7 Å². The van der Waals surface area contributed by atoms with Crippen molar-refractivity contribution in [3.8, 4) is 5.75 Å². The summed E-state index contributed by atoms with van der Waals surface area (Å²) in [4.78, 5) is 16.8. The minimum Gasteiger partial charge on any atom is -0.486 e. The first-order valence-electron chi connectivity index (χ1n) is 9.81. The quantitative estimate of drug-likeness (QED) is 0.685. The summed E-state index contributed by atoms with van der Waals surface area (Å²) in [6.45, 7) is 3.44. The average molecular weight is 392 g/mol. The fraction of sp³-hybridized carbons (Fsp3) is 0.318. The number of hydrogen-bond acceptors (Lipinski definition) is 5. The average Bonchev–Trinajstić information content (AvgIpc) is 3.26. The molecular weight excluding hydrogens is 368 g/mol. The summed E-state index contributed by atoms with van der Waals surface area (Å²) in [6.07, 6.45) is 5.16. The number of aromatic nitrogens is 3. The summed E-state index contributed by atoms with van der Waals surface area (Å²) in [5.74, 6) is 0.768. The number of hydrogen-bond donors (Lipinski definition) is 1. The summed E-state index contributed by atoms with van der Waals surface area (Å²) in [7, 11) is 0. The van der Waals surface area contributed by atoms with Crippen molar-refractivity contribution in [1.82, 2.24) is 14.8 Å². The maximum absolute atomic E-state index is 12.6. The lowest BCUT2D eigenvalue weighted by molar-refractivity contribution is 0.0661. The Morgan fingerprint density at radius 3 is 2.79 bits per heavy atom. The summed E-state index contributed by atoms with van der Waals surface area (Å²) >= 11 is 0. The van der Waals surface area contributed by atoms with Gasteiger partial charge in [-0.3, -0.25) is 9.48 Å². The van der Waals surface area contributed by atoms with Gasteiger partial charge in [-0.2, -0.15) is 5.10 Å². The number of anilines is 1. The number of rotatable bonds is 6. The molecule has 29 heavy (non-hydrogen) atoms. The predicted octanol–water partition coefficient (Wildman–Crippen LogP) is 4.02. The molecule has 1 amide bonds. The van der Waals surface area contributed by atoms with Crippen LogP contribution < -0.4 is 10.1 Å². The van der Waals surface area contributed by atoms with Crippen LogP contribution >= 0.6 is 0 Å². The van der Waals surface area contributed by atoms with E-state index in [9.17, 15) is 4.79 Å². The van der Waals surface area contributed by atoms with Gasteiger partial charge in [-0.25, -0.2) is 4.98 Å². The molecule has 1 fully saturated rings. The van der Waals surface area contributed by atoms with Crippen molar-refractivity contribution in [2.75, 3.05) is 18.5 Å². The second-order valence-corrected chi connectivity index (χ2v) is 7.03. The SMILES string of the molecule is CC(Oc1ccnc(NC(=O)c2ccn(C3CCOCC3)n2)c1)c1ccccc1. The summed E-state index contributed by atoms with van der Waals surface area (Å²) in [5.41, 5.74) is 1.44. The molecule has 0 radical (unpaired) electrons. The molecule has 1 saturated heterocycles. The fourth-order valence-electron chi connectivity index (χ4n) is 3.34. The van der Waals surface area contributed by atoms with E-state index in [0.29, 0.717) is 17.3 Å². The lowest BCUT2D eigenvalue weighted by Gasteiger charge is -2.22. The third kappa shape index (κ3) is 4.81. The number of nitrogens with one attached hydrogen (secondary N) is 1. The Hall–Kier alpha value is -3.19. The standard InChI is InChI=1S/C22H24N4O3/c1-16(17-5-3-2-4-6-17)29-19-7-11-23-21(15-19)24-22(27)20-8-12-26(25-20)18-9-13-28-14-10-18/h2-8,11-12,15-16,18H,9-10,13-14H2,1H3,(H,23,24,27). The Morgan fingerprint density at radius 2 is 2.00 bits per heavy atom. The van der Waals surface area contributed by atoms with Crippen LogP contribution in [0.3, 0.4) is 0 Å². The molecule has 1 aromatic carbocycles. The van der Waals surface area contributed by atoms with Gasteiger partial charge in [-0.05, 0) is 37.5 Å². The number of carbonyl (C=O) groups is 1. The van der Waals surface area contributed by atoms with Gasteiger partial charge in [0, 0.05) is 31.7 Å². The van der Waals surface area contributed by atoms with Gasteiger partial charge in [0.2, 0.25) is 0 Å². The molecule has 4 rings (SSSR count). The second-order valence-electron chi connectivity index (χ2n) is 7.03. The van der Waals surface area contributed by atoms with Gasteiger partial charge in [-0.1, -0.05) is 30.3 Å². The summed E-state index contributed by atoms with van der Waals surface area (Å²) in [5, 5.41) is 7.23. The molecule has 1 aliphatic rings. The number of carbonyl (C=O) groups excluding carboxylic acids is 1. The zero-order chi connectivity index (χ0) is 20.1. The van der Waals surface area contributed by atoms with Gasteiger partial charge in [0.15, 0.2) is 5.69 Å². The van der Waals surface area contributed by atoms with Crippen molar-refractivity contribution in [3.63, 3.8) is 0 Å². The fourth-order valence-corrected chi connectivity index (χ4v) is 3.34. The maximum Gasteiger partial charge on any atom is 0.277 e. The molecule has 1 atom stereocenters. The van der Waals surface area contributed by atoms with Gasteiger partial charge in [0.1, 0.15) is 17.7 Å². The van der Waals surface area contributed by atoms with Crippen LogP contribution in [0.5, 0.6) is 5.75 Å². The van der Waals surface area contributed by atoms with Gasteiger partial charge < -0.3 is 14.8 Å². The van der Waals surface area contributed by atoms with Crippen molar-refractivity contribution in [2.45, 2.75) is 31.9 Å². The Morgan fingerprint density at radius 1 is 1.21 bits per heavy atom. The second kappa shape index (κ2) is 8.87. The zero-order valence-electron chi connectivity index (χ0n) is 16.3. The minimum atomic E-state index is -0.295. The van der Waals surface area contributed by atoms with E-state index in [1.165, 1.54) is 0 Å². The zero-order valence-corrected chi connectivity index (χ0v) is 16.3. The molecule has 0 bridgehead atoms. The molecule has 7 heteroatoms. The van der Waals surface area contributed by atoms with Crippen molar-refractivity contribution in [2.24, 2.45) is 0 Å². The third-order valence-electron chi connectivity index (χ3n) is 4.96. The highest BCUT2D eigenvalue weighted by Gasteiger charge is 2.18. The molecule has 1 N–H and O–H groups in total. The van der Waals surface area contributed by atoms with E-state index in [1.54, 1.807) is 24.4 Å². The number of ether oxygens (including phenoxy) is 2. The van der Waals surface area contributed by atoms with Crippen LogP contribution in [-0.4, -0.2) is 33.9 Å². The molecule has 3 heterocycles. The molecule has 0 spiro atoms. The molecular formula is C22H24N4O3. The van der Waals surface area contributed by atoms with Gasteiger partial charge in [-0.15, -0.1) is 0 Å². The number of amides is 1. The first-order valence-corrected chi connectivity index (χ1v) is 9.81. The first-order chi connectivity index (χ1) is 14.2. The molecule has 3 aromatic rings. The van der Waals surface area contributed by atoms with Gasteiger partial charge in [0.05, 0.1) is 6.04 Å². The van der Waals surface area contributed by atoms with E-state index in [1.807, 2.05) is 48.1 Å². The molecule has 1 unspecified atom stereocenters. The highest BCUT2D eigenvalue weighted by Crippen LogP contribution is 2.23. The van der Waals surface area contributed by atoms with E-state index < -0.39 is 0 Å². The Bertz CT molecular complexity index is 951. The van der Waals surface area contributed by atoms with Crippen LogP contribution in [0.2, 0.25) is 0 Å². The largest absolute Gasteiger partial charge is 0.486 e. The van der Waals surface area contributed by atoms with Gasteiger partial charge in [0.25, 0.3) is 5.91 Å². The van der Waals surface area contributed by atoms with E-state index in [2.05, 4.69) is 15.4 Å². The van der Waals surface area contributed by atoms with Crippen LogP contribution in [-0.2, 0) is 4.74 Å². The Balaban J connectivity index is 1.40. The molecule has 1 aliphatic heterocycles. The normalized spacial score (nSPS) is 15.6. The molecule has 0 saturated carbocycles. The first kappa shape index (κ1) is 19.1. The predicted molar refractivity (Wildman–Crippen MR) is 109 cm³/mol. The molecule has 150 valence electrons. The van der Waals surface area contributed by atoms with Crippen molar-refractivity contribution in [1.29, 1.82) is 0 Å². The highest BCUT2D eigenvalue weighted by atomic mass is 16.5. The topological polar surface area (TPSA) is 78.3 Å². The van der Waals surface area contributed by atoms with Crippen LogP contribution in [0.15, 0.2) is 60.9 Å². The van der Waals surface area contributed by atoms with Crippen LogP contribution in [0.1, 0.15) is 48.0 Å². The van der Waals surface area contributed by atoms with Crippen LogP contribution in [0, 0.1) is 0 Å². The molecule has 7 nitrogen and oxygen atoms in total. The third-order valence-corrected chi connectivity index (χ3v) is 4.96. The summed E-state index contributed by atoms with van der Waals surface area (Å²) in [6, 6.07) is 15.5. The smallest absolute Gasteiger partial charge is 0.277 e. The van der Waals surface area contributed by atoms with Crippen LogP contribution in [0.4, 0.5) is 5.82 Å². The lowest BCUT2D eigenvalue weighted by atomic mass is 10.1. The van der Waals surface area contributed by atoms with Crippen LogP contribution in [0.25, 0.3) is 0 Å². The maximum atomic E-state index is 12.6. The monoisotopic (exact) mass is 392 g/mol. The number of pyridine rings is 1. The number of nitrogens with zero attached hydrogens (tertiary/aromatic N) is 3. The van der Waals surface area contributed by atoms with E-state index in [4.69, 9.17) is 9.47 Å². The van der Waals surface area contributed by atoms with E-state index >= 15 is 0 Å². The van der Waals surface area contributed by atoms with Crippen molar-refractivity contribution in [3.05, 3.63) is 72.2 Å². The Kier molecular flexibility index (Phi) is 5.86.